The summed E-state index contributed by atoms with van der Waals surface area (Å²) in [6.07, 6.45) is 1.10. The van der Waals surface area contributed by atoms with Crippen LogP contribution in [0.5, 0.6) is 5.75 Å². The molecule has 0 atom stereocenters. The summed E-state index contributed by atoms with van der Waals surface area (Å²) in [5.74, 6) is 0.0916. The van der Waals surface area contributed by atoms with Crippen molar-refractivity contribution in [2.45, 2.75) is 0 Å². The van der Waals surface area contributed by atoms with Gasteiger partial charge in [-0.05, 0) is 30.3 Å². The molecule has 5 heteroatoms. The largest absolute Gasteiger partial charge is 0.490 e. The van der Waals surface area contributed by atoms with E-state index in [2.05, 4.69) is 6.58 Å². The number of hydrogen-bond donors (Lipinski definition) is 0. The molecule has 0 aliphatic heterocycles. The fraction of sp³-hybridized carbons (Fsp3) is 0.111. The number of fused-ring (bicyclic) bond motifs is 2. The second-order valence-corrected chi connectivity index (χ2v) is 5.89. The van der Waals surface area contributed by atoms with Gasteiger partial charge in [0.2, 0.25) is 0 Å². The van der Waals surface area contributed by atoms with Crippen LogP contribution in [0.15, 0.2) is 59.9 Å². The Hall–Kier alpha value is -2.66. The molecule has 0 fully saturated rings. The molecule has 0 unspecified atom stereocenters. The monoisotopic (exact) mass is 326 g/mol. The number of rotatable bonds is 5. The van der Waals surface area contributed by atoms with Gasteiger partial charge >= 0.3 is 5.97 Å². The van der Waals surface area contributed by atoms with Crippen LogP contribution in [-0.4, -0.2) is 19.2 Å². The fourth-order valence-electron chi connectivity index (χ4n) is 2.23. The van der Waals surface area contributed by atoms with E-state index >= 15 is 0 Å². The highest BCUT2D eigenvalue weighted by molar-refractivity contribution is 7.24. The van der Waals surface area contributed by atoms with Gasteiger partial charge in [0, 0.05) is 26.2 Å². The van der Waals surface area contributed by atoms with Crippen LogP contribution in [0.3, 0.4) is 0 Å². The molecule has 0 saturated carbocycles. The topological polar surface area (TPSA) is 52.6 Å². The van der Waals surface area contributed by atoms with Crippen molar-refractivity contribution in [2.75, 3.05) is 13.2 Å². The predicted octanol–water partition coefficient (Wildman–Crippen LogP) is 3.52. The first kappa shape index (κ1) is 15.2. The number of benzene rings is 2. The standard InChI is InChI=1S/C18H14O4S/c1-2-17(19)22-10-9-21-12-7-8-16-14(11-12)18(20)13-5-3-4-6-15(13)23-16/h2-8,11H,1,9-10H2. The molecule has 4 nitrogen and oxygen atoms in total. The molecule has 0 saturated heterocycles. The molecule has 2 aromatic carbocycles. The molecule has 0 spiro atoms. The minimum absolute atomic E-state index is 0.00196. The zero-order valence-corrected chi connectivity index (χ0v) is 13.1. The van der Waals surface area contributed by atoms with E-state index in [0.717, 1.165) is 15.5 Å². The second-order valence-electron chi connectivity index (χ2n) is 4.81. The third-order valence-electron chi connectivity index (χ3n) is 3.31. The Morgan fingerprint density at radius 1 is 1.09 bits per heavy atom. The molecule has 0 amide bonds. The summed E-state index contributed by atoms with van der Waals surface area (Å²) in [5, 5.41) is 1.34. The first-order valence-corrected chi connectivity index (χ1v) is 7.88. The Bertz CT molecular complexity index is 943. The number of carbonyl (C=O) groups excluding carboxylic acids is 1. The Balaban J connectivity index is 1.85. The van der Waals surface area contributed by atoms with E-state index in [4.69, 9.17) is 9.47 Å². The van der Waals surface area contributed by atoms with Crippen molar-refractivity contribution in [3.8, 4) is 5.75 Å². The zero-order chi connectivity index (χ0) is 16.2. The highest BCUT2D eigenvalue weighted by Gasteiger charge is 2.07. The third-order valence-corrected chi connectivity index (χ3v) is 4.46. The molecular weight excluding hydrogens is 312 g/mol. The maximum atomic E-state index is 12.6. The van der Waals surface area contributed by atoms with Crippen LogP contribution in [0.25, 0.3) is 20.2 Å². The Morgan fingerprint density at radius 2 is 1.87 bits per heavy atom. The molecule has 3 rings (SSSR count). The van der Waals surface area contributed by atoms with Gasteiger partial charge in [0.25, 0.3) is 0 Å². The predicted molar refractivity (Wildman–Crippen MR) is 92.3 cm³/mol. The van der Waals surface area contributed by atoms with Gasteiger partial charge in [-0.3, -0.25) is 4.79 Å². The number of esters is 1. The lowest BCUT2D eigenvalue weighted by Crippen LogP contribution is -2.10. The van der Waals surface area contributed by atoms with Gasteiger partial charge < -0.3 is 9.47 Å². The van der Waals surface area contributed by atoms with Crippen molar-refractivity contribution in [3.05, 3.63) is 65.3 Å². The molecule has 0 aliphatic rings. The quantitative estimate of drug-likeness (QED) is 0.311. The number of carbonyl (C=O) groups is 1. The van der Waals surface area contributed by atoms with Crippen molar-refractivity contribution in [2.24, 2.45) is 0 Å². The van der Waals surface area contributed by atoms with E-state index in [1.54, 1.807) is 17.4 Å². The van der Waals surface area contributed by atoms with Crippen LogP contribution in [0, 0.1) is 0 Å². The van der Waals surface area contributed by atoms with Crippen molar-refractivity contribution in [3.63, 3.8) is 0 Å². The van der Waals surface area contributed by atoms with Gasteiger partial charge in [-0.1, -0.05) is 18.7 Å². The van der Waals surface area contributed by atoms with Crippen molar-refractivity contribution < 1.29 is 14.3 Å². The molecule has 23 heavy (non-hydrogen) atoms. The molecule has 0 aliphatic carbocycles. The zero-order valence-electron chi connectivity index (χ0n) is 12.3. The molecule has 3 aromatic rings. The van der Waals surface area contributed by atoms with Crippen LogP contribution in [-0.2, 0) is 9.53 Å². The smallest absolute Gasteiger partial charge is 0.330 e. The molecule has 0 bridgehead atoms. The van der Waals surface area contributed by atoms with Crippen molar-refractivity contribution >= 4 is 37.5 Å². The molecule has 116 valence electrons. The van der Waals surface area contributed by atoms with Gasteiger partial charge in [-0.15, -0.1) is 11.3 Å². The lowest BCUT2D eigenvalue weighted by atomic mass is 10.2. The summed E-state index contributed by atoms with van der Waals surface area (Å²) in [4.78, 5) is 23.5. The molecule has 0 N–H and O–H groups in total. The van der Waals surface area contributed by atoms with E-state index in [1.165, 1.54) is 0 Å². The Labute approximate surface area is 136 Å². The van der Waals surface area contributed by atoms with Gasteiger partial charge in [0.05, 0.1) is 0 Å². The minimum atomic E-state index is -0.484. The lowest BCUT2D eigenvalue weighted by Gasteiger charge is -2.07. The summed E-state index contributed by atoms with van der Waals surface area (Å²) in [7, 11) is 0. The number of hydrogen-bond acceptors (Lipinski definition) is 5. The highest BCUT2D eigenvalue weighted by atomic mass is 32.1. The SMILES string of the molecule is C=CC(=O)OCCOc1ccc2sc3ccccc3c(=O)c2c1. The van der Waals surface area contributed by atoms with Crippen molar-refractivity contribution in [1.29, 1.82) is 0 Å². The fourth-order valence-corrected chi connectivity index (χ4v) is 3.28. The van der Waals surface area contributed by atoms with Gasteiger partial charge in [0.1, 0.15) is 19.0 Å². The van der Waals surface area contributed by atoms with Crippen molar-refractivity contribution in [1.82, 2.24) is 0 Å². The van der Waals surface area contributed by atoms with Crippen LogP contribution in [0.1, 0.15) is 0 Å². The van der Waals surface area contributed by atoms with Crippen LogP contribution in [0.2, 0.25) is 0 Å². The minimum Gasteiger partial charge on any atom is -0.490 e. The number of ether oxygens (including phenoxy) is 2. The van der Waals surface area contributed by atoms with E-state index < -0.39 is 5.97 Å². The van der Waals surface area contributed by atoms with Gasteiger partial charge in [-0.2, -0.15) is 0 Å². The molecular formula is C18H14O4S. The summed E-state index contributed by atoms with van der Waals surface area (Å²) in [5.41, 5.74) is -0.00196. The van der Waals surface area contributed by atoms with E-state index in [0.29, 0.717) is 16.5 Å². The Kier molecular flexibility index (Phi) is 4.39. The van der Waals surface area contributed by atoms with Gasteiger partial charge in [-0.25, -0.2) is 4.79 Å². The van der Waals surface area contributed by atoms with E-state index in [-0.39, 0.29) is 18.6 Å². The Morgan fingerprint density at radius 3 is 2.70 bits per heavy atom. The summed E-state index contributed by atoms with van der Waals surface area (Å²) < 4.78 is 12.3. The summed E-state index contributed by atoms with van der Waals surface area (Å²) in [6, 6.07) is 13.0. The lowest BCUT2D eigenvalue weighted by molar-refractivity contribution is -0.138. The van der Waals surface area contributed by atoms with Crippen LogP contribution < -0.4 is 10.2 Å². The van der Waals surface area contributed by atoms with E-state index in [1.807, 2.05) is 36.4 Å². The normalized spacial score (nSPS) is 10.6. The third kappa shape index (κ3) is 3.24. The second kappa shape index (κ2) is 6.62. The average Bonchev–Trinajstić information content (AvgIpc) is 2.59. The highest BCUT2D eigenvalue weighted by Crippen LogP contribution is 2.27. The first-order chi connectivity index (χ1) is 11.2. The molecule has 1 aromatic heterocycles. The molecule has 1 heterocycles. The molecule has 0 radical (unpaired) electrons. The summed E-state index contributed by atoms with van der Waals surface area (Å²) >= 11 is 1.57. The average molecular weight is 326 g/mol. The maximum absolute atomic E-state index is 12.6. The summed E-state index contributed by atoms with van der Waals surface area (Å²) in [6.45, 7) is 3.67. The van der Waals surface area contributed by atoms with Gasteiger partial charge in [0.15, 0.2) is 5.43 Å². The van der Waals surface area contributed by atoms with E-state index in [9.17, 15) is 9.59 Å². The van der Waals surface area contributed by atoms with Crippen LogP contribution >= 0.6 is 11.3 Å². The first-order valence-electron chi connectivity index (χ1n) is 7.06. The maximum Gasteiger partial charge on any atom is 0.330 e. The van der Waals surface area contributed by atoms with Crippen LogP contribution in [0.4, 0.5) is 0 Å².